The van der Waals surface area contributed by atoms with Crippen LogP contribution in [0.25, 0.3) is 0 Å². The van der Waals surface area contributed by atoms with Crippen LogP contribution in [0.5, 0.6) is 0 Å². The Morgan fingerprint density at radius 1 is 1.26 bits per heavy atom. The lowest BCUT2D eigenvalue weighted by molar-refractivity contribution is 0.102. The maximum absolute atomic E-state index is 12.1. The number of rotatable bonds is 2. The van der Waals surface area contributed by atoms with Crippen LogP contribution in [0.2, 0.25) is 0 Å². The SMILES string of the molecule is N#Cc1cc(N)ccc1NC(=O)c1cccc(I)c1. The van der Waals surface area contributed by atoms with Gasteiger partial charge in [0.25, 0.3) is 5.91 Å². The van der Waals surface area contributed by atoms with Gasteiger partial charge in [-0.3, -0.25) is 4.79 Å². The number of hydrogen-bond acceptors (Lipinski definition) is 3. The summed E-state index contributed by atoms with van der Waals surface area (Å²) in [6.45, 7) is 0. The molecule has 19 heavy (non-hydrogen) atoms. The molecule has 2 rings (SSSR count). The summed E-state index contributed by atoms with van der Waals surface area (Å²) < 4.78 is 0.975. The minimum atomic E-state index is -0.250. The zero-order valence-electron chi connectivity index (χ0n) is 9.85. The molecule has 0 saturated heterocycles. The molecule has 0 bridgehead atoms. The third-order valence-electron chi connectivity index (χ3n) is 2.50. The Balaban J connectivity index is 2.27. The minimum absolute atomic E-state index is 0.250. The van der Waals surface area contributed by atoms with Crippen LogP contribution in [0, 0.1) is 14.9 Å². The van der Waals surface area contributed by atoms with Crippen molar-refractivity contribution < 1.29 is 4.79 Å². The zero-order valence-corrected chi connectivity index (χ0v) is 12.0. The highest BCUT2D eigenvalue weighted by atomic mass is 127. The molecule has 0 atom stereocenters. The largest absolute Gasteiger partial charge is 0.399 e. The van der Waals surface area contributed by atoms with Gasteiger partial charge >= 0.3 is 0 Å². The van der Waals surface area contributed by atoms with Crippen molar-refractivity contribution in [2.45, 2.75) is 0 Å². The van der Waals surface area contributed by atoms with Gasteiger partial charge in [-0.2, -0.15) is 5.26 Å². The van der Waals surface area contributed by atoms with Gasteiger partial charge < -0.3 is 11.1 Å². The van der Waals surface area contributed by atoms with Crippen LogP contribution in [0.3, 0.4) is 0 Å². The molecule has 0 unspecified atom stereocenters. The molecule has 0 aliphatic carbocycles. The van der Waals surface area contributed by atoms with Crippen LogP contribution in [0.4, 0.5) is 11.4 Å². The molecule has 3 N–H and O–H groups in total. The zero-order chi connectivity index (χ0) is 13.8. The normalized spacial score (nSPS) is 9.68. The van der Waals surface area contributed by atoms with E-state index in [1.807, 2.05) is 18.2 Å². The van der Waals surface area contributed by atoms with Gasteiger partial charge in [0.1, 0.15) is 6.07 Å². The van der Waals surface area contributed by atoms with Crippen LogP contribution >= 0.6 is 22.6 Å². The Hall–Kier alpha value is -2.07. The number of carbonyl (C=O) groups is 1. The molecule has 2 aromatic rings. The Morgan fingerprint density at radius 3 is 2.74 bits per heavy atom. The number of hydrogen-bond donors (Lipinski definition) is 2. The number of nitrogens with one attached hydrogen (secondary N) is 1. The van der Waals surface area contributed by atoms with Crippen molar-refractivity contribution in [2.75, 3.05) is 11.1 Å². The Morgan fingerprint density at radius 2 is 2.05 bits per heavy atom. The topological polar surface area (TPSA) is 78.9 Å². The number of nitrogens with zero attached hydrogens (tertiary/aromatic N) is 1. The second-order valence-corrected chi connectivity index (χ2v) is 5.13. The van der Waals surface area contributed by atoms with E-state index in [1.54, 1.807) is 24.3 Å². The van der Waals surface area contributed by atoms with Gasteiger partial charge in [-0.1, -0.05) is 6.07 Å². The van der Waals surface area contributed by atoms with E-state index in [4.69, 9.17) is 11.0 Å². The average Bonchev–Trinajstić information content (AvgIpc) is 2.40. The maximum atomic E-state index is 12.1. The molecule has 0 radical (unpaired) electrons. The maximum Gasteiger partial charge on any atom is 0.255 e. The molecule has 4 nitrogen and oxygen atoms in total. The summed E-state index contributed by atoms with van der Waals surface area (Å²) in [6.07, 6.45) is 0. The van der Waals surface area contributed by atoms with Crippen molar-refractivity contribution in [1.29, 1.82) is 5.26 Å². The lowest BCUT2D eigenvalue weighted by atomic mass is 10.1. The van der Waals surface area contributed by atoms with Crippen LogP contribution in [0.1, 0.15) is 15.9 Å². The number of benzene rings is 2. The predicted molar refractivity (Wildman–Crippen MR) is 82.7 cm³/mol. The highest BCUT2D eigenvalue weighted by Gasteiger charge is 2.09. The second-order valence-electron chi connectivity index (χ2n) is 3.88. The first-order valence-electron chi connectivity index (χ1n) is 5.46. The lowest BCUT2D eigenvalue weighted by Gasteiger charge is -2.08. The first-order chi connectivity index (χ1) is 9.10. The number of nitrogens with two attached hydrogens (primary N) is 1. The standard InChI is InChI=1S/C14H10IN3O/c15-11-3-1-2-9(6-11)14(19)18-13-5-4-12(17)7-10(13)8-16/h1-7H,17H2,(H,18,19). The molecule has 0 fully saturated rings. The minimum Gasteiger partial charge on any atom is -0.399 e. The van der Waals surface area contributed by atoms with E-state index in [1.165, 1.54) is 6.07 Å². The van der Waals surface area contributed by atoms with Gasteiger partial charge in [-0.05, 0) is 59.0 Å². The molecule has 0 spiro atoms. The number of nitrogen functional groups attached to an aromatic ring is 1. The summed E-state index contributed by atoms with van der Waals surface area (Å²) in [5, 5.41) is 11.7. The fraction of sp³-hybridized carbons (Fsp3) is 0. The van der Waals surface area contributed by atoms with Crippen LogP contribution in [-0.2, 0) is 0 Å². The molecular weight excluding hydrogens is 353 g/mol. The number of nitriles is 1. The van der Waals surface area contributed by atoms with Crippen molar-refractivity contribution in [3.05, 3.63) is 57.2 Å². The van der Waals surface area contributed by atoms with Crippen LogP contribution < -0.4 is 11.1 Å². The molecule has 0 aromatic heterocycles. The van der Waals surface area contributed by atoms with Gasteiger partial charge in [-0.25, -0.2) is 0 Å². The first-order valence-corrected chi connectivity index (χ1v) is 6.54. The van der Waals surface area contributed by atoms with E-state index >= 15 is 0 Å². The van der Waals surface area contributed by atoms with E-state index in [0.29, 0.717) is 22.5 Å². The summed E-state index contributed by atoms with van der Waals surface area (Å²) in [5.74, 6) is -0.250. The van der Waals surface area contributed by atoms with Gasteiger partial charge in [0.05, 0.1) is 11.3 Å². The molecular formula is C14H10IN3O. The molecule has 0 saturated carbocycles. The van der Waals surface area contributed by atoms with E-state index in [-0.39, 0.29) is 5.91 Å². The van der Waals surface area contributed by atoms with Crippen molar-refractivity contribution >= 4 is 39.9 Å². The molecule has 2 aromatic carbocycles. The highest BCUT2D eigenvalue weighted by Crippen LogP contribution is 2.19. The van der Waals surface area contributed by atoms with Crippen molar-refractivity contribution in [2.24, 2.45) is 0 Å². The molecule has 1 amide bonds. The molecule has 0 aliphatic heterocycles. The van der Waals surface area contributed by atoms with Gasteiger partial charge in [0.2, 0.25) is 0 Å². The number of anilines is 2. The highest BCUT2D eigenvalue weighted by molar-refractivity contribution is 14.1. The van der Waals surface area contributed by atoms with Crippen LogP contribution in [-0.4, -0.2) is 5.91 Å². The summed E-state index contributed by atoms with van der Waals surface area (Å²) in [7, 11) is 0. The number of carbonyl (C=O) groups excluding carboxylic acids is 1. The second kappa shape index (κ2) is 5.71. The van der Waals surface area contributed by atoms with Crippen molar-refractivity contribution in [3.63, 3.8) is 0 Å². The third kappa shape index (κ3) is 3.23. The Kier molecular flexibility index (Phi) is 4.02. The van der Waals surface area contributed by atoms with Gasteiger partial charge in [0.15, 0.2) is 0 Å². The summed E-state index contributed by atoms with van der Waals surface area (Å²) in [5.41, 5.74) is 7.44. The average molecular weight is 363 g/mol. The van der Waals surface area contributed by atoms with Crippen molar-refractivity contribution in [1.82, 2.24) is 0 Å². The summed E-state index contributed by atoms with van der Waals surface area (Å²) in [6, 6.07) is 14.0. The quantitative estimate of drug-likeness (QED) is 0.636. The Labute approximate surface area is 124 Å². The van der Waals surface area contributed by atoms with E-state index in [2.05, 4.69) is 27.9 Å². The molecule has 5 heteroatoms. The monoisotopic (exact) mass is 363 g/mol. The smallest absolute Gasteiger partial charge is 0.255 e. The molecule has 0 aliphatic rings. The number of amides is 1. The molecule has 94 valence electrons. The summed E-state index contributed by atoms with van der Waals surface area (Å²) >= 11 is 2.14. The van der Waals surface area contributed by atoms with E-state index < -0.39 is 0 Å². The number of halogens is 1. The summed E-state index contributed by atoms with van der Waals surface area (Å²) in [4.78, 5) is 12.1. The Bertz CT molecular complexity index is 677. The first kappa shape index (κ1) is 13.4. The van der Waals surface area contributed by atoms with Crippen molar-refractivity contribution in [3.8, 4) is 6.07 Å². The fourth-order valence-electron chi connectivity index (χ4n) is 1.59. The van der Waals surface area contributed by atoms with Gasteiger partial charge in [-0.15, -0.1) is 0 Å². The van der Waals surface area contributed by atoms with Crippen LogP contribution in [0.15, 0.2) is 42.5 Å². The lowest BCUT2D eigenvalue weighted by Crippen LogP contribution is -2.13. The van der Waals surface area contributed by atoms with E-state index in [9.17, 15) is 4.79 Å². The van der Waals surface area contributed by atoms with E-state index in [0.717, 1.165) is 3.57 Å². The molecule has 0 heterocycles. The third-order valence-corrected chi connectivity index (χ3v) is 3.17. The van der Waals surface area contributed by atoms with Gasteiger partial charge in [0, 0.05) is 14.8 Å². The fourth-order valence-corrected chi connectivity index (χ4v) is 2.13. The predicted octanol–water partition coefficient (Wildman–Crippen LogP) is 3.00.